The first-order valence-electron chi connectivity index (χ1n) is 5.81. The normalized spacial score (nSPS) is 9.35. The van der Waals surface area contributed by atoms with E-state index in [2.05, 4.69) is 22.0 Å². The van der Waals surface area contributed by atoms with Gasteiger partial charge in [-0.2, -0.15) is 4.57 Å². The first-order valence-corrected chi connectivity index (χ1v) is 6.60. The molecule has 0 unspecified atom stereocenters. The fraction of sp³-hybridized carbons (Fsp3) is 0.200. The average molecular weight is 404 g/mol. The van der Waals surface area contributed by atoms with Crippen molar-refractivity contribution >= 4 is 38.7 Å². The lowest BCUT2D eigenvalue weighted by Gasteiger charge is -2.00. The Morgan fingerprint density at radius 2 is 1.60 bits per heavy atom. The van der Waals surface area contributed by atoms with E-state index in [1.165, 1.54) is 11.1 Å². The molecule has 0 spiro atoms. The van der Waals surface area contributed by atoms with Gasteiger partial charge in [0.25, 0.3) is 0 Å². The van der Waals surface area contributed by atoms with E-state index in [4.69, 9.17) is 0 Å². The van der Waals surface area contributed by atoms with E-state index < -0.39 is 0 Å². The standard InChI is InChI=1S/C15H15BrNO.BrH.H2O/c1-11-7-12(2)9-17(8-11)10-15(18)13-3-5-14(16)6-4-13;;/h3-9H,10H2,1-2H3;1H;1H2/q+1;;. The monoisotopic (exact) mass is 402 g/mol. The summed E-state index contributed by atoms with van der Waals surface area (Å²) >= 11 is 3.36. The molecule has 108 valence electrons. The van der Waals surface area contributed by atoms with E-state index in [-0.39, 0.29) is 28.2 Å². The number of pyridine rings is 1. The summed E-state index contributed by atoms with van der Waals surface area (Å²) in [6.45, 7) is 4.45. The number of aromatic nitrogens is 1. The van der Waals surface area contributed by atoms with Crippen molar-refractivity contribution in [3.8, 4) is 0 Å². The molecule has 0 radical (unpaired) electrons. The zero-order valence-electron chi connectivity index (χ0n) is 11.4. The molecular weight excluding hydrogens is 386 g/mol. The minimum Gasteiger partial charge on any atom is -0.412 e. The van der Waals surface area contributed by atoms with Gasteiger partial charge in [0.1, 0.15) is 0 Å². The van der Waals surface area contributed by atoms with Crippen LogP contribution in [-0.2, 0) is 6.54 Å². The van der Waals surface area contributed by atoms with Gasteiger partial charge in [-0.1, -0.05) is 28.1 Å². The number of carbonyl (C=O) groups excluding carboxylic acids is 1. The van der Waals surface area contributed by atoms with Crippen LogP contribution in [0.5, 0.6) is 0 Å². The van der Waals surface area contributed by atoms with Crippen LogP contribution in [0.25, 0.3) is 0 Å². The number of halogens is 2. The topological polar surface area (TPSA) is 52.5 Å². The Hall–Kier alpha value is -1.04. The van der Waals surface area contributed by atoms with E-state index in [0.717, 1.165) is 10.0 Å². The molecule has 2 N–H and O–H groups in total. The minimum absolute atomic E-state index is 0. The van der Waals surface area contributed by atoms with Gasteiger partial charge in [0.2, 0.25) is 12.3 Å². The molecule has 0 fully saturated rings. The zero-order chi connectivity index (χ0) is 13.1. The van der Waals surface area contributed by atoms with Crippen molar-refractivity contribution in [3.05, 3.63) is 63.9 Å². The summed E-state index contributed by atoms with van der Waals surface area (Å²) in [6, 6.07) is 9.56. The van der Waals surface area contributed by atoms with Crippen molar-refractivity contribution in [1.29, 1.82) is 0 Å². The van der Waals surface area contributed by atoms with Crippen LogP contribution in [0, 0.1) is 13.8 Å². The third kappa shape index (κ3) is 5.15. The molecule has 3 nitrogen and oxygen atoms in total. The molecule has 0 aliphatic rings. The van der Waals surface area contributed by atoms with Gasteiger partial charge in [-0.3, -0.25) is 4.79 Å². The van der Waals surface area contributed by atoms with E-state index in [9.17, 15) is 4.79 Å². The summed E-state index contributed by atoms with van der Waals surface area (Å²) in [5.74, 6) is 0.123. The predicted octanol–water partition coefficient (Wildman–Crippen LogP) is 2.99. The van der Waals surface area contributed by atoms with E-state index in [1.807, 2.05) is 55.1 Å². The number of carbonyl (C=O) groups is 1. The maximum Gasteiger partial charge on any atom is 0.227 e. The van der Waals surface area contributed by atoms with Crippen LogP contribution in [0.15, 0.2) is 47.2 Å². The van der Waals surface area contributed by atoms with Crippen LogP contribution in [-0.4, -0.2) is 11.3 Å². The number of ketones is 1. The van der Waals surface area contributed by atoms with Crippen LogP contribution >= 0.6 is 32.9 Å². The highest BCUT2D eigenvalue weighted by atomic mass is 79.9. The number of nitrogens with zero attached hydrogens (tertiary/aromatic N) is 1. The van der Waals surface area contributed by atoms with Crippen LogP contribution in [0.4, 0.5) is 0 Å². The number of benzene rings is 1. The Balaban J connectivity index is 0.00000180. The highest BCUT2D eigenvalue weighted by molar-refractivity contribution is 9.10. The van der Waals surface area contributed by atoms with E-state index in [0.29, 0.717) is 6.54 Å². The van der Waals surface area contributed by atoms with Crippen molar-refractivity contribution in [3.63, 3.8) is 0 Å². The number of Topliss-reactive ketones (excluding diaryl/α,β-unsaturated/α-hetero) is 1. The largest absolute Gasteiger partial charge is 0.412 e. The van der Waals surface area contributed by atoms with Gasteiger partial charge in [-0.05, 0) is 32.0 Å². The lowest BCUT2D eigenvalue weighted by molar-refractivity contribution is -0.683. The SMILES string of the molecule is Br.Cc1cc(C)c[n+](CC(=O)c2ccc(Br)cc2)c1.O. The van der Waals surface area contributed by atoms with Gasteiger partial charge in [0.05, 0.1) is 0 Å². The molecule has 0 atom stereocenters. The van der Waals surface area contributed by atoms with Crippen molar-refractivity contribution in [2.75, 3.05) is 0 Å². The first kappa shape index (κ1) is 19.0. The lowest BCUT2D eigenvalue weighted by Crippen LogP contribution is -2.38. The molecule has 5 heteroatoms. The summed E-state index contributed by atoms with van der Waals surface area (Å²) in [5, 5.41) is 0. The fourth-order valence-corrected chi connectivity index (χ4v) is 2.24. The molecule has 1 aromatic heterocycles. The molecule has 20 heavy (non-hydrogen) atoms. The van der Waals surface area contributed by atoms with Gasteiger partial charge >= 0.3 is 0 Å². The maximum atomic E-state index is 12.1. The molecule has 2 aromatic rings. The van der Waals surface area contributed by atoms with Crippen molar-refractivity contribution < 1.29 is 14.8 Å². The van der Waals surface area contributed by atoms with Crippen LogP contribution < -0.4 is 4.57 Å². The Bertz CT molecular complexity index is 563. The summed E-state index contributed by atoms with van der Waals surface area (Å²) in [7, 11) is 0. The zero-order valence-corrected chi connectivity index (χ0v) is 14.7. The molecule has 0 bridgehead atoms. The highest BCUT2D eigenvalue weighted by Crippen LogP contribution is 2.11. The lowest BCUT2D eigenvalue weighted by atomic mass is 10.1. The molecule has 0 amide bonds. The average Bonchev–Trinajstić information content (AvgIpc) is 2.28. The van der Waals surface area contributed by atoms with Gasteiger partial charge in [-0.25, -0.2) is 0 Å². The van der Waals surface area contributed by atoms with Crippen molar-refractivity contribution in [2.45, 2.75) is 20.4 Å². The molecule has 0 aliphatic heterocycles. The highest BCUT2D eigenvalue weighted by Gasteiger charge is 2.12. The first-order chi connectivity index (χ1) is 8.54. The second-order valence-corrected chi connectivity index (χ2v) is 5.41. The minimum atomic E-state index is 0. The molecule has 1 aromatic carbocycles. The summed E-state index contributed by atoms with van der Waals surface area (Å²) in [5.41, 5.74) is 3.07. The summed E-state index contributed by atoms with van der Waals surface area (Å²) in [4.78, 5) is 12.1. The van der Waals surface area contributed by atoms with Crippen LogP contribution in [0.2, 0.25) is 0 Å². The molecule has 2 rings (SSSR count). The smallest absolute Gasteiger partial charge is 0.227 e. The Labute approximate surface area is 137 Å². The van der Waals surface area contributed by atoms with Gasteiger partial charge in [0, 0.05) is 21.2 Å². The van der Waals surface area contributed by atoms with Crippen molar-refractivity contribution in [2.24, 2.45) is 0 Å². The summed E-state index contributed by atoms with van der Waals surface area (Å²) < 4.78 is 2.92. The van der Waals surface area contributed by atoms with Crippen LogP contribution in [0.3, 0.4) is 0 Å². The molecule has 0 saturated carbocycles. The predicted molar refractivity (Wildman–Crippen MR) is 88.5 cm³/mol. The number of hydrogen-bond donors (Lipinski definition) is 0. The van der Waals surface area contributed by atoms with E-state index in [1.54, 1.807) is 0 Å². The summed E-state index contributed by atoms with van der Waals surface area (Å²) in [6.07, 6.45) is 3.98. The second-order valence-electron chi connectivity index (χ2n) is 4.49. The van der Waals surface area contributed by atoms with Gasteiger partial charge < -0.3 is 5.48 Å². The molecule has 0 aliphatic carbocycles. The van der Waals surface area contributed by atoms with Gasteiger partial charge in [-0.15, -0.1) is 17.0 Å². The quantitative estimate of drug-likeness (QED) is 0.574. The van der Waals surface area contributed by atoms with E-state index >= 15 is 0 Å². The number of aryl methyl sites for hydroxylation is 2. The number of rotatable bonds is 3. The van der Waals surface area contributed by atoms with Gasteiger partial charge in [0.15, 0.2) is 12.4 Å². The third-order valence-corrected chi connectivity index (χ3v) is 3.22. The number of hydrogen-bond acceptors (Lipinski definition) is 1. The molecule has 1 heterocycles. The Morgan fingerprint density at radius 1 is 1.10 bits per heavy atom. The van der Waals surface area contributed by atoms with Crippen molar-refractivity contribution in [1.82, 2.24) is 0 Å². The van der Waals surface area contributed by atoms with Crippen LogP contribution in [0.1, 0.15) is 21.5 Å². The maximum absolute atomic E-state index is 12.1. The molecule has 0 saturated heterocycles. The Morgan fingerprint density at radius 3 is 2.10 bits per heavy atom. The fourth-order valence-electron chi connectivity index (χ4n) is 1.98. The third-order valence-electron chi connectivity index (χ3n) is 2.69. The Kier molecular flexibility index (Phi) is 7.86. The second kappa shape index (κ2) is 8.29. The molecular formula is C15H18Br2NO2+.